The lowest BCUT2D eigenvalue weighted by molar-refractivity contribution is -0.127. The van der Waals surface area contributed by atoms with Crippen LogP contribution < -0.4 is 10.1 Å². The highest BCUT2D eigenvalue weighted by molar-refractivity contribution is 6.30. The first-order valence-electron chi connectivity index (χ1n) is 5.69. The fourth-order valence-corrected chi connectivity index (χ4v) is 1.35. The van der Waals surface area contributed by atoms with Crippen LogP contribution in [0, 0.1) is 5.92 Å². The van der Waals surface area contributed by atoms with Crippen LogP contribution in [-0.4, -0.2) is 18.6 Å². The summed E-state index contributed by atoms with van der Waals surface area (Å²) in [6.45, 7) is 6.48. The van der Waals surface area contributed by atoms with Crippen molar-refractivity contribution in [1.29, 1.82) is 0 Å². The average molecular weight is 256 g/mol. The number of benzene rings is 1. The van der Waals surface area contributed by atoms with Gasteiger partial charge >= 0.3 is 0 Å². The van der Waals surface area contributed by atoms with Crippen molar-refractivity contribution in [2.45, 2.75) is 26.9 Å². The predicted molar refractivity (Wildman–Crippen MR) is 69.4 cm³/mol. The Labute approximate surface area is 107 Å². The fraction of sp³-hybridized carbons (Fsp3) is 0.462. The minimum atomic E-state index is -0.505. The highest BCUT2D eigenvalue weighted by atomic mass is 35.5. The molecule has 0 saturated heterocycles. The Morgan fingerprint density at radius 2 is 1.88 bits per heavy atom. The SMILES string of the molecule is CC(C)CNC(=O)[C@@H](C)Oc1ccc(Cl)cc1. The summed E-state index contributed by atoms with van der Waals surface area (Å²) in [6.07, 6.45) is -0.505. The second-order valence-corrected chi connectivity index (χ2v) is 4.79. The van der Waals surface area contributed by atoms with E-state index in [4.69, 9.17) is 16.3 Å². The van der Waals surface area contributed by atoms with Gasteiger partial charge in [-0.3, -0.25) is 4.79 Å². The highest BCUT2D eigenvalue weighted by Crippen LogP contribution is 2.16. The molecule has 1 aromatic rings. The maximum atomic E-state index is 11.7. The Hall–Kier alpha value is -1.22. The van der Waals surface area contributed by atoms with E-state index in [1.54, 1.807) is 31.2 Å². The Bertz CT molecular complexity index is 362. The molecule has 94 valence electrons. The van der Waals surface area contributed by atoms with E-state index in [-0.39, 0.29) is 5.91 Å². The monoisotopic (exact) mass is 255 g/mol. The standard InChI is InChI=1S/C13H18ClNO2/c1-9(2)8-15-13(16)10(3)17-12-6-4-11(14)5-7-12/h4-7,9-10H,8H2,1-3H3,(H,15,16)/t10-/m1/s1. The van der Waals surface area contributed by atoms with E-state index in [0.717, 1.165) is 0 Å². The van der Waals surface area contributed by atoms with Gasteiger partial charge in [0.1, 0.15) is 5.75 Å². The summed E-state index contributed by atoms with van der Waals surface area (Å²) in [6, 6.07) is 6.95. The van der Waals surface area contributed by atoms with Crippen molar-refractivity contribution in [3.05, 3.63) is 29.3 Å². The first-order valence-corrected chi connectivity index (χ1v) is 6.06. The topological polar surface area (TPSA) is 38.3 Å². The van der Waals surface area contributed by atoms with E-state index in [9.17, 15) is 4.79 Å². The van der Waals surface area contributed by atoms with Gasteiger partial charge in [-0.15, -0.1) is 0 Å². The molecule has 0 unspecified atom stereocenters. The predicted octanol–water partition coefficient (Wildman–Crippen LogP) is 2.88. The van der Waals surface area contributed by atoms with Crippen LogP contribution in [0.1, 0.15) is 20.8 Å². The molecule has 1 amide bonds. The molecule has 0 spiro atoms. The van der Waals surface area contributed by atoms with Crippen molar-refractivity contribution in [2.24, 2.45) is 5.92 Å². The number of halogens is 1. The zero-order valence-electron chi connectivity index (χ0n) is 10.4. The van der Waals surface area contributed by atoms with E-state index >= 15 is 0 Å². The van der Waals surface area contributed by atoms with E-state index in [0.29, 0.717) is 23.2 Å². The summed E-state index contributed by atoms with van der Waals surface area (Å²) in [5.74, 6) is 0.969. The van der Waals surface area contributed by atoms with Gasteiger partial charge in [-0.05, 0) is 37.1 Å². The van der Waals surface area contributed by atoms with Gasteiger partial charge in [0.2, 0.25) is 0 Å². The zero-order chi connectivity index (χ0) is 12.8. The maximum Gasteiger partial charge on any atom is 0.260 e. The van der Waals surface area contributed by atoms with Crippen LogP contribution >= 0.6 is 11.6 Å². The van der Waals surface area contributed by atoms with Crippen molar-refractivity contribution in [1.82, 2.24) is 5.32 Å². The molecule has 0 heterocycles. The maximum absolute atomic E-state index is 11.7. The molecule has 1 atom stereocenters. The van der Waals surface area contributed by atoms with Gasteiger partial charge < -0.3 is 10.1 Å². The zero-order valence-corrected chi connectivity index (χ0v) is 11.1. The molecule has 0 bridgehead atoms. The van der Waals surface area contributed by atoms with Crippen molar-refractivity contribution >= 4 is 17.5 Å². The number of rotatable bonds is 5. The third-order valence-corrected chi connectivity index (χ3v) is 2.43. The van der Waals surface area contributed by atoms with Gasteiger partial charge in [-0.25, -0.2) is 0 Å². The van der Waals surface area contributed by atoms with Crippen molar-refractivity contribution in [3.8, 4) is 5.75 Å². The summed E-state index contributed by atoms with van der Waals surface area (Å²) < 4.78 is 5.49. The second kappa shape index (κ2) is 6.50. The first-order chi connectivity index (χ1) is 7.99. The number of amides is 1. The third kappa shape index (κ3) is 5.09. The lowest BCUT2D eigenvalue weighted by Gasteiger charge is -2.15. The van der Waals surface area contributed by atoms with Crippen molar-refractivity contribution in [2.75, 3.05) is 6.54 Å². The Morgan fingerprint density at radius 3 is 2.41 bits per heavy atom. The number of carbonyl (C=O) groups is 1. The molecule has 3 nitrogen and oxygen atoms in total. The average Bonchev–Trinajstić information content (AvgIpc) is 2.28. The third-order valence-electron chi connectivity index (χ3n) is 2.18. The highest BCUT2D eigenvalue weighted by Gasteiger charge is 2.14. The normalized spacial score (nSPS) is 12.3. The summed E-state index contributed by atoms with van der Waals surface area (Å²) in [5, 5.41) is 3.47. The Morgan fingerprint density at radius 1 is 1.29 bits per heavy atom. The lowest BCUT2D eigenvalue weighted by Crippen LogP contribution is -2.38. The van der Waals surface area contributed by atoms with Crippen LogP contribution in [0.4, 0.5) is 0 Å². The molecule has 0 fully saturated rings. The first kappa shape index (κ1) is 13.8. The number of carbonyl (C=O) groups excluding carboxylic acids is 1. The lowest BCUT2D eigenvalue weighted by atomic mass is 10.2. The summed E-state index contributed by atoms with van der Waals surface area (Å²) in [4.78, 5) is 11.7. The van der Waals surface area contributed by atoms with Crippen molar-refractivity contribution in [3.63, 3.8) is 0 Å². The van der Waals surface area contributed by atoms with E-state index in [2.05, 4.69) is 5.32 Å². The molecule has 1 N–H and O–H groups in total. The van der Waals surface area contributed by atoms with Gasteiger partial charge in [-0.2, -0.15) is 0 Å². The van der Waals surface area contributed by atoms with E-state index in [1.165, 1.54) is 0 Å². The molecule has 0 radical (unpaired) electrons. The van der Waals surface area contributed by atoms with Gasteiger partial charge in [0, 0.05) is 11.6 Å². The van der Waals surface area contributed by atoms with Crippen LogP contribution in [0.2, 0.25) is 5.02 Å². The van der Waals surface area contributed by atoms with Crippen LogP contribution in [-0.2, 0) is 4.79 Å². The smallest absolute Gasteiger partial charge is 0.260 e. The number of nitrogens with one attached hydrogen (secondary N) is 1. The van der Waals surface area contributed by atoms with Crippen LogP contribution in [0.25, 0.3) is 0 Å². The van der Waals surface area contributed by atoms with Gasteiger partial charge in [0.25, 0.3) is 5.91 Å². The number of hydrogen-bond acceptors (Lipinski definition) is 2. The Balaban J connectivity index is 2.45. The van der Waals surface area contributed by atoms with Crippen LogP contribution in [0.5, 0.6) is 5.75 Å². The summed E-state index contributed by atoms with van der Waals surface area (Å²) in [5.41, 5.74) is 0. The molecule has 1 aromatic carbocycles. The van der Waals surface area contributed by atoms with E-state index < -0.39 is 6.10 Å². The molecule has 0 saturated carbocycles. The largest absolute Gasteiger partial charge is 0.481 e. The number of hydrogen-bond donors (Lipinski definition) is 1. The minimum Gasteiger partial charge on any atom is -0.481 e. The molecule has 0 aliphatic heterocycles. The Kier molecular flexibility index (Phi) is 5.29. The molecule has 1 rings (SSSR count). The van der Waals surface area contributed by atoms with Crippen LogP contribution in [0.15, 0.2) is 24.3 Å². The molecule has 0 aliphatic carbocycles. The molecule has 0 aromatic heterocycles. The molecular weight excluding hydrogens is 238 g/mol. The number of ether oxygens (including phenoxy) is 1. The van der Waals surface area contributed by atoms with Gasteiger partial charge in [0.15, 0.2) is 6.10 Å². The van der Waals surface area contributed by atoms with Crippen molar-refractivity contribution < 1.29 is 9.53 Å². The van der Waals surface area contributed by atoms with E-state index in [1.807, 2.05) is 13.8 Å². The quantitative estimate of drug-likeness (QED) is 0.879. The summed E-state index contributed by atoms with van der Waals surface area (Å²) in [7, 11) is 0. The molecule has 4 heteroatoms. The molecule has 0 aliphatic rings. The minimum absolute atomic E-state index is 0.103. The van der Waals surface area contributed by atoms with Gasteiger partial charge in [-0.1, -0.05) is 25.4 Å². The fourth-order valence-electron chi connectivity index (χ4n) is 1.22. The second-order valence-electron chi connectivity index (χ2n) is 4.35. The van der Waals surface area contributed by atoms with Crippen LogP contribution in [0.3, 0.4) is 0 Å². The molecule has 17 heavy (non-hydrogen) atoms. The molecular formula is C13H18ClNO2. The summed E-state index contributed by atoms with van der Waals surface area (Å²) >= 11 is 5.76. The van der Waals surface area contributed by atoms with Gasteiger partial charge in [0.05, 0.1) is 0 Å².